The minimum atomic E-state index is -4.52. The zero-order chi connectivity index (χ0) is 13.2. The Morgan fingerprint density at radius 1 is 1.41 bits per heavy atom. The molecule has 0 radical (unpaired) electrons. The van der Waals surface area contributed by atoms with E-state index in [4.69, 9.17) is 17.3 Å². The zero-order valence-electron chi connectivity index (χ0n) is 9.13. The van der Waals surface area contributed by atoms with Crippen molar-refractivity contribution < 1.29 is 18.3 Å². The maximum Gasteiger partial charge on any atom is 0.417 e. The van der Waals surface area contributed by atoms with Crippen molar-refractivity contribution in [1.29, 1.82) is 0 Å². The number of nitrogens with two attached hydrogens (primary N) is 1. The fourth-order valence-corrected chi connectivity index (χ4v) is 1.85. The van der Waals surface area contributed by atoms with Crippen LogP contribution in [0.2, 0.25) is 5.02 Å². The summed E-state index contributed by atoms with van der Waals surface area (Å²) in [5, 5.41) is 9.09. The highest BCUT2D eigenvalue weighted by atomic mass is 35.5. The first-order chi connectivity index (χ1) is 7.79. The lowest BCUT2D eigenvalue weighted by Crippen LogP contribution is -2.26. The third kappa shape index (κ3) is 3.12. The lowest BCUT2D eigenvalue weighted by atomic mass is 9.98. The predicted octanol–water partition coefficient (Wildman–Crippen LogP) is 3.13. The van der Waals surface area contributed by atoms with E-state index in [1.54, 1.807) is 6.92 Å². The van der Waals surface area contributed by atoms with Crippen molar-refractivity contribution >= 4 is 11.6 Å². The Kier molecular flexibility index (Phi) is 4.41. The van der Waals surface area contributed by atoms with Crippen LogP contribution in [0, 0.1) is 0 Å². The molecule has 2 atom stereocenters. The smallest absolute Gasteiger partial charge is 0.391 e. The molecule has 3 N–H and O–H groups in total. The average molecular weight is 268 g/mol. The lowest BCUT2D eigenvalue weighted by Gasteiger charge is -2.20. The van der Waals surface area contributed by atoms with Gasteiger partial charge in [0.2, 0.25) is 0 Å². The molecule has 0 bridgehead atoms. The molecule has 0 aromatic heterocycles. The van der Waals surface area contributed by atoms with Crippen LogP contribution in [0.5, 0.6) is 0 Å². The summed E-state index contributed by atoms with van der Waals surface area (Å²) >= 11 is 5.68. The van der Waals surface area contributed by atoms with Crippen LogP contribution >= 0.6 is 11.6 Å². The summed E-state index contributed by atoms with van der Waals surface area (Å²) < 4.78 is 37.8. The first-order valence-electron chi connectivity index (χ1n) is 5.08. The van der Waals surface area contributed by atoms with Crippen LogP contribution < -0.4 is 5.73 Å². The molecule has 0 aliphatic heterocycles. The highest BCUT2D eigenvalue weighted by Crippen LogP contribution is 2.38. The monoisotopic (exact) mass is 267 g/mol. The molecule has 0 spiro atoms. The summed E-state index contributed by atoms with van der Waals surface area (Å²) in [5.74, 6) is 0. The number of hydrogen-bond donors (Lipinski definition) is 2. The maximum atomic E-state index is 12.6. The van der Waals surface area contributed by atoms with Gasteiger partial charge in [0, 0.05) is 0 Å². The number of hydrogen-bond acceptors (Lipinski definition) is 2. The van der Waals surface area contributed by atoms with Crippen LogP contribution in [-0.2, 0) is 6.18 Å². The molecule has 17 heavy (non-hydrogen) atoms. The van der Waals surface area contributed by atoms with Gasteiger partial charge in [-0.05, 0) is 18.1 Å². The van der Waals surface area contributed by atoms with E-state index < -0.39 is 28.9 Å². The van der Waals surface area contributed by atoms with Crippen LogP contribution in [-0.4, -0.2) is 11.2 Å². The van der Waals surface area contributed by atoms with E-state index in [-0.39, 0.29) is 5.56 Å². The van der Waals surface area contributed by atoms with Gasteiger partial charge in [0.25, 0.3) is 0 Å². The Hall–Kier alpha value is -0.780. The zero-order valence-corrected chi connectivity index (χ0v) is 9.89. The molecular formula is C11H13ClF3NO. The highest BCUT2D eigenvalue weighted by Gasteiger charge is 2.34. The summed E-state index contributed by atoms with van der Waals surface area (Å²) in [6, 6.07) is 2.58. The molecule has 0 unspecified atom stereocenters. The SMILES string of the molecule is CC[C@H](O)[C@H](N)c1cccc(C(F)(F)F)c1Cl. The molecule has 0 saturated carbocycles. The fraction of sp³-hybridized carbons (Fsp3) is 0.455. The molecule has 1 aromatic carbocycles. The second-order valence-electron chi connectivity index (χ2n) is 3.71. The quantitative estimate of drug-likeness (QED) is 0.884. The Bertz CT molecular complexity index is 395. The number of aliphatic hydroxyl groups is 1. The van der Waals surface area contributed by atoms with E-state index in [1.165, 1.54) is 12.1 Å². The molecule has 96 valence electrons. The molecule has 0 amide bonds. The first-order valence-corrected chi connectivity index (χ1v) is 5.46. The summed E-state index contributed by atoms with van der Waals surface area (Å²) in [6.07, 6.45) is -5.10. The van der Waals surface area contributed by atoms with Crippen LogP contribution in [0.1, 0.15) is 30.5 Å². The van der Waals surface area contributed by atoms with Gasteiger partial charge < -0.3 is 10.8 Å². The number of alkyl halides is 3. The van der Waals surface area contributed by atoms with Crippen molar-refractivity contribution in [1.82, 2.24) is 0 Å². The summed E-state index contributed by atoms with van der Waals surface area (Å²) in [7, 11) is 0. The largest absolute Gasteiger partial charge is 0.417 e. The standard InChI is InChI=1S/C11H13ClF3NO/c1-2-8(17)10(16)6-4-3-5-7(9(6)12)11(13,14)15/h3-5,8,10,17H,2,16H2,1H3/t8-,10+/m0/s1. The molecule has 0 aliphatic carbocycles. The van der Waals surface area contributed by atoms with E-state index in [0.29, 0.717) is 6.42 Å². The number of benzene rings is 1. The van der Waals surface area contributed by atoms with Gasteiger partial charge in [-0.3, -0.25) is 0 Å². The predicted molar refractivity (Wildman–Crippen MR) is 59.7 cm³/mol. The summed E-state index contributed by atoms with van der Waals surface area (Å²) in [5.41, 5.74) is 4.83. The van der Waals surface area contributed by atoms with Gasteiger partial charge in [-0.2, -0.15) is 13.2 Å². The molecule has 1 rings (SSSR count). The topological polar surface area (TPSA) is 46.2 Å². The van der Waals surface area contributed by atoms with Gasteiger partial charge in [0.05, 0.1) is 22.7 Å². The Balaban J connectivity index is 3.19. The normalized spacial score (nSPS) is 15.7. The minimum Gasteiger partial charge on any atom is -0.391 e. The second-order valence-corrected chi connectivity index (χ2v) is 4.09. The minimum absolute atomic E-state index is 0.107. The number of halogens is 4. The van der Waals surface area contributed by atoms with Crippen molar-refractivity contribution in [3.63, 3.8) is 0 Å². The van der Waals surface area contributed by atoms with E-state index in [1.807, 2.05) is 0 Å². The lowest BCUT2D eigenvalue weighted by molar-refractivity contribution is -0.137. The molecule has 0 heterocycles. The molecule has 0 fully saturated rings. The van der Waals surface area contributed by atoms with Gasteiger partial charge in [0.15, 0.2) is 0 Å². The van der Waals surface area contributed by atoms with Crippen LogP contribution in [0.4, 0.5) is 13.2 Å². The average Bonchev–Trinajstić information content (AvgIpc) is 2.25. The van der Waals surface area contributed by atoms with E-state index in [2.05, 4.69) is 0 Å². The summed E-state index contributed by atoms with van der Waals surface area (Å²) in [6.45, 7) is 1.69. The van der Waals surface area contributed by atoms with Gasteiger partial charge in [0.1, 0.15) is 0 Å². The molecular weight excluding hydrogens is 255 g/mol. The third-order valence-corrected chi connectivity index (χ3v) is 2.95. The molecule has 0 saturated heterocycles. The Morgan fingerprint density at radius 2 is 2.00 bits per heavy atom. The molecule has 2 nitrogen and oxygen atoms in total. The Morgan fingerprint density at radius 3 is 2.47 bits per heavy atom. The van der Waals surface area contributed by atoms with Gasteiger partial charge >= 0.3 is 6.18 Å². The molecule has 0 aliphatic rings. The fourth-order valence-electron chi connectivity index (χ4n) is 1.49. The first kappa shape index (κ1) is 14.3. The van der Waals surface area contributed by atoms with E-state index >= 15 is 0 Å². The number of rotatable bonds is 3. The van der Waals surface area contributed by atoms with Gasteiger partial charge in [-0.15, -0.1) is 0 Å². The summed E-state index contributed by atoms with van der Waals surface area (Å²) in [4.78, 5) is 0. The maximum absolute atomic E-state index is 12.6. The Labute approximate surface area is 102 Å². The van der Waals surface area contributed by atoms with Crippen molar-refractivity contribution in [2.45, 2.75) is 31.7 Å². The van der Waals surface area contributed by atoms with Gasteiger partial charge in [-0.1, -0.05) is 30.7 Å². The second kappa shape index (κ2) is 5.25. The van der Waals surface area contributed by atoms with E-state index in [9.17, 15) is 18.3 Å². The number of aliphatic hydroxyl groups excluding tert-OH is 1. The van der Waals surface area contributed by atoms with Crippen molar-refractivity contribution in [2.24, 2.45) is 5.73 Å². The highest BCUT2D eigenvalue weighted by molar-refractivity contribution is 6.32. The van der Waals surface area contributed by atoms with Crippen LogP contribution in [0.25, 0.3) is 0 Å². The molecule has 6 heteroatoms. The van der Waals surface area contributed by atoms with Crippen LogP contribution in [0.15, 0.2) is 18.2 Å². The van der Waals surface area contributed by atoms with Crippen molar-refractivity contribution in [3.8, 4) is 0 Å². The third-order valence-electron chi connectivity index (χ3n) is 2.53. The van der Waals surface area contributed by atoms with Crippen LogP contribution in [0.3, 0.4) is 0 Å². The van der Waals surface area contributed by atoms with Crippen molar-refractivity contribution in [2.75, 3.05) is 0 Å². The molecule has 1 aromatic rings. The van der Waals surface area contributed by atoms with E-state index in [0.717, 1.165) is 6.07 Å². The van der Waals surface area contributed by atoms with Crippen molar-refractivity contribution in [3.05, 3.63) is 34.3 Å². The van der Waals surface area contributed by atoms with Gasteiger partial charge in [-0.25, -0.2) is 0 Å².